The van der Waals surface area contributed by atoms with Gasteiger partial charge >= 0.3 is 0 Å². The fourth-order valence-electron chi connectivity index (χ4n) is 1.97. The molecular weight excluding hydrogens is 306 g/mol. The molecule has 1 fully saturated rings. The Bertz CT molecular complexity index is 678. The summed E-state index contributed by atoms with van der Waals surface area (Å²) in [4.78, 5) is 3.92. The van der Waals surface area contributed by atoms with Gasteiger partial charge in [0.05, 0.1) is 5.75 Å². The van der Waals surface area contributed by atoms with Crippen molar-refractivity contribution in [2.24, 2.45) is 0 Å². The van der Waals surface area contributed by atoms with Crippen LogP contribution in [0.2, 0.25) is 0 Å². The third kappa shape index (κ3) is 4.52. The second-order valence-corrected chi connectivity index (χ2v) is 7.79. The number of rotatable bonds is 7. The number of anilines is 1. The molecule has 3 rings (SSSR count). The first kappa shape index (κ1) is 14.5. The van der Waals surface area contributed by atoms with E-state index in [1.54, 1.807) is 11.6 Å². The Labute approximate surface area is 128 Å². The molecule has 7 heteroatoms. The Balaban J connectivity index is 1.58. The number of hydrogen-bond acceptors (Lipinski definition) is 5. The number of nitrogens with zero attached hydrogens (tertiary/aromatic N) is 1. The maximum absolute atomic E-state index is 12.0. The molecule has 0 unspecified atom stereocenters. The lowest BCUT2D eigenvalue weighted by Crippen LogP contribution is -2.16. The van der Waals surface area contributed by atoms with Gasteiger partial charge in [0.25, 0.3) is 0 Å². The van der Waals surface area contributed by atoms with Gasteiger partial charge in [-0.05, 0) is 24.0 Å². The van der Waals surface area contributed by atoms with Gasteiger partial charge in [-0.2, -0.15) is 0 Å². The van der Waals surface area contributed by atoms with Gasteiger partial charge in [0.2, 0.25) is 10.0 Å². The predicted octanol–water partition coefficient (Wildman–Crippen LogP) is 2.34. The van der Waals surface area contributed by atoms with Crippen molar-refractivity contribution in [3.63, 3.8) is 0 Å². The van der Waals surface area contributed by atoms with Crippen LogP contribution in [-0.4, -0.2) is 19.4 Å². The summed E-state index contributed by atoms with van der Waals surface area (Å²) < 4.78 is 26.5. The van der Waals surface area contributed by atoms with E-state index in [0.717, 1.165) is 12.1 Å². The zero-order chi connectivity index (χ0) is 14.7. The highest BCUT2D eigenvalue weighted by molar-refractivity contribution is 7.92. The highest BCUT2D eigenvalue weighted by atomic mass is 32.2. The van der Waals surface area contributed by atoms with Crippen molar-refractivity contribution in [1.29, 1.82) is 0 Å². The fraction of sp³-hybridized carbons (Fsp3) is 0.357. The van der Waals surface area contributed by atoms with Crippen LogP contribution in [0.4, 0.5) is 5.13 Å². The van der Waals surface area contributed by atoms with Crippen molar-refractivity contribution >= 4 is 26.5 Å². The Morgan fingerprint density at radius 3 is 2.52 bits per heavy atom. The lowest BCUT2D eigenvalue weighted by atomic mass is 10.1. The minimum atomic E-state index is -3.40. The van der Waals surface area contributed by atoms with Gasteiger partial charge in [0.15, 0.2) is 5.13 Å². The van der Waals surface area contributed by atoms with E-state index in [0.29, 0.717) is 11.2 Å². The van der Waals surface area contributed by atoms with Crippen LogP contribution in [0.15, 0.2) is 35.8 Å². The molecule has 0 aliphatic heterocycles. The molecular formula is C14H17N3O2S2. The van der Waals surface area contributed by atoms with E-state index >= 15 is 0 Å². The smallest absolute Gasteiger partial charge is 0.238 e. The second kappa shape index (κ2) is 6.13. The number of hydrogen-bond donors (Lipinski definition) is 2. The van der Waals surface area contributed by atoms with Gasteiger partial charge in [-0.3, -0.25) is 4.72 Å². The number of aromatic nitrogens is 1. The Hall–Kier alpha value is -1.44. The first-order valence-corrected chi connectivity index (χ1v) is 9.35. The molecule has 21 heavy (non-hydrogen) atoms. The fourth-order valence-corrected chi connectivity index (χ4v) is 3.93. The maximum atomic E-state index is 12.0. The molecule has 0 amide bonds. The molecule has 0 radical (unpaired) electrons. The predicted molar refractivity (Wildman–Crippen MR) is 84.7 cm³/mol. The summed E-state index contributed by atoms with van der Waals surface area (Å²) in [6.07, 6.45) is 4.10. The van der Waals surface area contributed by atoms with E-state index in [2.05, 4.69) is 15.0 Å². The van der Waals surface area contributed by atoms with Gasteiger partial charge in [0.1, 0.15) is 0 Å². The van der Waals surface area contributed by atoms with E-state index < -0.39 is 10.0 Å². The monoisotopic (exact) mass is 323 g/mol. The number of thiazole rings is 1. The van der Waals surface area contributed by atoms with Crippen LogP contribution >= 0.6 is 11.3 Å². The normalized spacial score (nSPS) is 15.0. The summed E-state index contributed by atoms with van der Waals surface area (Å²) in [7, 11) is -3.40. The van der Waals surface area contributed by atoms with Crippen molar-refractivity contribution in [1.82, 2.24) is 10.3 Å². The number of sulfonamides is 1. The molecule has 1 aromatic heterocycles. The highest BCUT2D eigenvalue weighted by Gasteiger charge is 2.19. The van der Waals surface area contributed by atoms with Crippen LogP contribution in [0.1, 0.15) is 24.0 Å². The van der Waals surface area contributed by atoms with Crippen molar-refractivity contribution in [2.45, 2.75) is 31.2 Å². The van der Waals surface area contributed by atoms with Crippen molar-refractivity contribution in [3.05, 3.63) is 47.0 Å². The molecule has 0 bridgehead atoms. The van der Waals surface area contributed by atoms with Gasteiger partial charge < -0.3 is 5.32 Å². The lowest BCUT2D eigenvalue weighted by molar-refractivity contribution is 0.600. The zero-order valence-electron chi connectivity index (χ0n) is 11.5. The standard InChI is InChI=1S/C14H17N3O2S2/c18-21(19,17-14-15-7-8-20-14)10-12-3-1-11(2-4-12)9-16-13-5-6-13/h1-4,7-8,13,16H,5-6,9-10H2,(H,15,17). The van der Waals surface area contributed by atoms with E-state index in [9.17, 15) is 8.42 Å². The molecule has 112 valence electrons. The van der Waals surface area contributed by atoms with Crippen molar-refractivity contribution < 1.29 is 8.42 Å². The maximum Gasteiger partial charge on any atom is 0.238 e. The van der Waals surface area contributed by atoms with Crippen LogP contribution in [0, 0.1) is 0 Å². The Morgan fingerprint density at radius 2 is 1.90 bits per heavy atom. The number of benzene rings is 1. The summed E-state index contributed by atoms with van der Waals surface area (Å²) in [6.45, 7) is 0.842. The van der Waals surface area contributed by atoms with Crippen LogP contribution in [0.25, 0.3) is 0 Å². The average molecular weight is 323 g/mol. The second-order valence-electron chi connectivity index (χ2n) is 5.17. The zero-order valence-corrected chi connectivity index (χ0v) is 13.1. The van der Waals surface area contributed by atoms with Gasteiger partial charge in [0, 0.05) is 24.2 Å². The van der Waals surface area contributed by atoms with Crippen molar-refractivity contribution in [2.75, 3.05) is 4.72 Å². The minimum absolute atomic E-state index is 0.0388. The quantitative estimate of drug-likeness (QED) is 0.820. The highest BCUT2D eigenvalue weighted by Crippen LogP contribution is 2.19. The molecule has 0 spiro atoms. The topological polar surface area (TPSA) is 71.1 Å². The third-order valence-electron chi connectivity index (χ3n) is 3.23. The lowest BCUT2D eigenvalue weighted by Gasteiger charge is -2.07. The molecule has 1 heterocycles. The largest absolute Gasteiger partial charge is 0.310 e. The van der Waals surface area contributed by atoms with Gasteiger partial charge in [-0.1, -0.05) is 24.3 Å². The Kier molecular flexibility index (Phi) is 4.23. The summed E-state index contributed by atoms with van der Waals surface area (Å²) in [6, 6.07) is 8.36. The van der Waals surface area contributed by atoms with E-state index in [1.165, 1.54) is 29.7 Å². The summed E-state index contributed by atoms with van der Waals surface area (Å²) in [5.74, 6) is -0.0388. The SMILES string of the molecule is O=S(=O)(Cc1ccc(CNC2CC2)cc1)Nc1nccs1. The molecule has 1 aliphatic rings. The first-order chi connectivity index (χ1) is 10.1. The molecule has 1 aliphatic carbocycles. The number of nitrogens with one attached hydrogen (secondary N) is 2. The van der Waals surface area contributed by atoms with Gasteiger partial charge in [-0.15, -0.1) is 11.3 Å². The van der Waals surface area contributed by atoms with E-state index in [1.807, 2.05) is 24.3 Å². The molecule has 0 saturated heterocycles. The van der Waals surface area contributed by atoms with Crippen LogP contribution in [-0.2, 0) is 22.3 Å². The molecule has 2 aromatic rings. The van der Waals surface area contributed by atoms with Crippen LogP contribution in [0.5, 0.6) is 0 Å². The van der Waals surface area contributed by atoms with Crippen LogP contribution < -0.4 is 10.0 Å². The summed E-state index contributed by atoms with van der Waals surface area (Å²) >= 11 is 1.27. The van der Waals surface area contributed by atoms with Crippen LogP contribution in [0.3, 0.4) is 0 Å². The first-order valence-electron chi connectivity index (χ1n) is 6.82. The van der Waals surface area contributed by atoms with Gasteiger partial charge in [-0.25, -0.2) is 13.4 Å². The molecule has 5 nitrogen and oxygen atoms in total. The summed E-state index contributed by atoms with van der Waals surface area (Å²) in [5, 5.41) is 5.57. The van der Waals surface area contributed by atoms with Crippen molar-refractivity contribution in [3.8, 4) is 0 Å². The molecule has 1 saturated carbocycles. The molecule has 2 N–H and O–H groups in total. The Morgan fingerprint density at radius 1 is 1.19 bits per heavy atom. The molecule has 0 atom stereocenters. The minimum Gasteiger partial charge on any atom is -0.310 e. The summed E-state index contributed by atoms with van der Waals surface area (Å²) in [5.41, 5.74) is 1.95. The molecule has 1 aromatic carbocycles. The average Bonchev–Trinajstić information content (AvgIpc) is 3.14. The third-order valence-corrected chi connectivity index (χ3v) is 5.26. The van der Waals surface area contributed by atoms with E-state index in [-0.39, 0.29) is 5.75 Å². The van der Waals surface area contributed by atoms with E-state index in [4.69, 9.17) is 0 Å².